The molecule has 346 valence electrons. The lowest BCUT2D eigenvalue weighted by molar-refractivity contribution is 0.863. The van der Waals surface area contributed by atoms with E-state index < -0.39 is 0 Å². The fourth-order valence-electron chi connectivity index (χ4n) is 8.38. The summed E-state index contributed by atoms with van der Waals surface area (Å²) in [5.41, 5.74) is 13.2. The van der Waals surface area contributed by atoms with Gasteiger partial charge < -0.3 is 9.13 Å². The third kappa shape index (κ3) is 11.2. The molecular weight excluding hydrogens is 849 g/mol. The summed E-state index contributed by atoms with van der Waals surface area (Å²) >= 11 is 0. The van der Waals surface area contributed by atoms with E-state index in [1.54, 1.807) is 18.2 Å². The maximum absolute atomic E-state index is 5.06. The van der Waals surface area contributed by atoms with Crippen molar-refractivity contribution in [1.29, 1.82) is 0 Å². The molecule has 0 fully saturated rings. The van der Waals surface area contributed by atoms with E-state index in [0.717, 1.165) is 39.5 Å². The van der Waals surface area contributed by atoms with Gasteiger partial charge in [-0.25, -0.2) is 9.97 Å². The van der Waals surface area contributed by atoms with E-state index in [1.807, 2.05) is 87.5 Å². The molecule has 1 unspecified atom stereocenters. The van der Waals surface area contributed by atoms with Crippen LogP contribution in [0.4, 0.5) is 0 Å². The van der Waals surface area contributed by atoms with Crippen LogP contribution in [-0.2, 0) is 0 Å². The first kappa shape index (κ1) is 49.3. The van der Waals surface area contributed by atoms with Crippen molar-refractivity contribution in [2.75, 3.05) is 0 Å². The summed E-state index contributed by atoms with van der Waals surface area (Å²) in [7, 11) is 0. The highest BCUT2D eigenvalue weighted by Crippen LogP contribution is 2.40. The Balaban J connectivity index is 0.000000307. The van der Waals surface area contributed by atoms with Crippen molar-refractivity contribution in [3.05, 3.63) is 268 Å². The molecule has 4 nitrogen and oxygen atoms in total. The van der Waals surface area contributed by atoms with Gasteiger partial charge in [-0.1, -0.05) is 222 Å². The van der Waals surface area contributed by atoms with Gasteiger partial charge in [0.15, 0.2) is 5.82 Å². The van der Waals surface area contributed by atoms with E-state index in [1.165, 1.54) is 49.2 Å². The van der Waals surface area contributed by atoms with Gasteiger partial charge in [0.05, 0.1) is 33.5 Å². The third-order valence-electron chi connectivity index (χ3n) is 11.9. The summed E-state index contributed by atoms with van der Waals surface area (Å²) in [5.74, 6) is 1.17. The fraction of sp³-hybridized carbons (Fsp3) is 0.0909. The quantitative estimate of drug-likeness (QED) is 0.121. The topological polar surface area (TPSA) is 35.6 Å². The molecule has 0 aliphatic rings. The molecule has 3 aromatic heterocycles. The van der Waals surface area contributed by atoms with Gasteiger partial charge in [0.25, 0.3) is 0 Å². The van der Waals surface area contributed by atoms with Gasteiger partial charge in [0.1, 0.15) is 0 Å². The number of hydrogen-bond donors (Lipinski definition) is 0. The van der Waals surface area contributed by atoms with Crippen molar-refractivity contribution in [2.45, 2.75) is 34.6 Å². The lowest BCUT2D eigenvalue weighted by Crippen LogP contribution is -1.97. The first-order valence-electron chi connectivity index (χ1n) is 24.0. The summed E-state index contributed by atoms with van der Waals surface area (Å²) < 4.78 is 4.77. The first-order valence-corrected chi connectivity index (χ1v) is 24.0. The Labute approximate surface area is 414 Å². The molecule has 3 heterocycles. The highest BCUT2D eigenvalue weighted by molar-refractivity contribution is 6.19. The summed E-state index contributed by atoms with van der Waals surface area (Å²) in [6.07, 6.45) is 19.3. The number of nitrogens with zero attached hydrogens (tertiary/aromatic N) is 4. The molecule has 4 heteroatoms. The minimum Gasteiger partial charge on any atom is -0.309 e. The zero-order chi connectivity index (χ0) is 49.2. The van der Waals surface area contributed by atoms with Crippen LogP contribution < -0.4 is 0 Å². The molecule has 1 atom stereocenters. The van der Waals surface area contributed by atoms with Gasteiger partial charge in [-0.05, 0) is 86.5 Å². The van der Waals surface area contributed by atoms with Gasteiger partial charge >= 0.3 is 0 Å². The molecule has 0 aliphatic carbocycles. The van der Waals surface area contributed by atoms with Crippen molar-refractivity contribution in [3.63, 3.8) is 0 Å². The van der Waals surface area contributed by atoms with Gasteiger partial charge in [-0.3, -0.25) is 0 Å². The lowest BCUT2D eigenvalue weighted by atomic mass is 10.0. The van der Waals surface area contributed by atoms with Crippen LogP contribution in [0.3, 0.4) is 0 Å². The van der Waals surface area contributed by atoms with Crippen LogP contribution in [0.15, 0.2) is 268 Å². The highest BCUT2D eigenvalue weighted by atomic mass is 15.0. The Morgan fingerprint density at radius 2 is 0.914 bits per heavy atom. The summed E-state index contributed by atoms with van der Waals surface area (Å²) in [5, 5.41) is 4.97. The molecule has 0 radical (unpaired) electrons. The molecule has 10 aromatic rings. The van der Waals surface area contributed by atoms with E-state index in [9.17, 15) is 0 Å². The average Bonchev–Trinajstić information content (AvgIpc) is 3.93. The molecule has 0 amide bonds. The van der Waals surface area contributed by atoms with E-state index in [2.05, 4.69) is 200 Å². The van der Waals surface area contributed by atoms with Crippen LogP contribution in [0.5, 0.6) is 0 Å². The number of fused-ring (bicyclic) bond motifs is 6. The minimum atomic E-state index is 0.465. The summed E-state index contributed by atoms with van der Waals surface area (Å²) in [4.78, 5) is 10.1. The number of hydrogen-bond acceptors (Lipinski definition) is 2. The molecular formula is C66H62N4. The van der Waals surface area contributed by atoms with Crippen LogP contribution >= 0.6 is 0 Å². The monoisotopic (exact) mass is 910 g/mol. The zero-order valence-corrected chi connectivity index (χ0v) is 41.1. The molecule has 7 aromatic carbocycles. The Hall–Kier alpha value is -8.60. The molecule has 0 saturated carbocycles. The smallest absolute Gasteiger partial charge is 0.160 e. The van der Waals surface area contributed by atoms with Crippen LogP contribution in [0, 0.1) is 5.92 Å². The van der Waals surface area contributed by atoms with E-state index >= 15 is 0 Å². The Kier molecular flexibility index (Phi) is 17.2. The Morgan fingerprint density at radius 3 is 1.39 bits per heavy atom. The lowest BCUT2D eigenvalue weighted by Gasteiger charge is -2.12. The van der Waals surface area contributed by atoms with Gasteiger partial charge in [0.2, 0.25) is 0 Å². The number of rotatable bonds is 11. The van der Waals surface area contributed by atoms with Gasteiger partial charge in [-0.15, -0.1) is 0 Å². The maximum Gasteiger partial charge on any atom is 0.160 e. The SMILES string of the molecule is C=C/C=C\C.C=C/C=C\C=C(/C)C(C)/C=C\C=C.CC.c1ccc(-c2cc(-c3ccccc3)nc(-c3ccc(-n4c5ccccc5c5cc6c7ccccc7n(-c7ccccc7)c6cc54)cc3)n2)cc1. The predicted octanol–water partition coefficient (Wildman–Crippen LogP) is 18.5. The van der Waals surface area contributed by atoms with E-state index in [4.69, 9.17) is 9.97 Å². The normalized spacial score (nSPS) is 11.8. The Morgan fingerprint density at radius 1 is 0.457 bits per heavy atom. The third-order valence-corrected chi connectivity index (χ3v) is 11.9. The maximum atomic E-state index is 5.06. The summed E-state index contributed by atoms with van der Waals surface area (Å²) in [6, 6.07) is 64.2. The molecule has 0 spiro atoms. The van der Waals surface area contributed by atoms with Crippen LogP contribution in [0.1, 0.15) is 34.6 Å². The second-order valence-corrected chi connectivity index (χ2v) is 16.4. The molecule has 0 aliphatic heterocycles. The largest absolute Gasteiger partial charge is 0.309 e. The van der Waals surface area contributed by atoms with Gasteiger partial charge in [0, 0.05) is 49.6 Å². The molecule has 0 N–H and O–H groups in total. The van der Waals surface area contributed by atoms with Crippen molar-refractivity contribution in [1.82, 2.24) is 19.1 Å². The second-order valence-electron chi connectivity index (χ2n) is 16.4. The fourth-order valence-corrected chi connectivity index (χ4v) is 8.38. The van der Waals surface area contributed by atoms with Crippen LogP contribution in [-0.4, -0.2) is 19.1 Å². The zero-order valence-electron chi connectivity index (χ0n) is 41.1. The standard InChI is InChI=1S/C46H30N4.C13H18.C5H8.C2H6/c1-4-14-31(15-5-1)40-29-41(32-16-6-2-7-17-32)48-46(47-40)33-24-26-35(27-25-33)50-43-23-13-11-21-37(43)39-28-38-36-20-10-12-22-42(36)49(44(38)30-45(39)50)34-18-8-3-9-19-34;1-5-7-9-11-13(4)12(3)10-8-6-2;1-3-5-4-2;1-2/h1-30H;5-12H,1-2H2,3-4H3;3-5H,1H2,2H3;1-2H3/b;9-7-,10-8-,13-11+;5-4-;. The highest BCUT2D eigenvalue weighted by Gasteiger charge is 2.19. The van der Waals surface area contributed by atoms with Crippen molar-refractivity contribution in [2.24, 2.45) is 5.92 Å². The molecule has 10 rings (SSSR count). The van der Waals surface area contributed by atoms with Crippen LogP contribution in [0.2, 0.25) is 0 Å². The molecule has 0 bridgehead atoms. The number of para-hydroxylation sites is 3. The van der Waals surface area contributed by atoms with E-state index in [-0.39, 0.29) is 0 Å². The predicted molar refractivity (Wildman–Crippen MR) is 305 cm³/mol. The van der Waals surface area contributed by atoms with Gasteiger partial charge in [-0.2, -0.15) is 0 Å². The second kappa shape index (κ2) is 24.4. The first-order chi connectivity index (χ1) is 34.4. The Bertz CT molecular complexity index is 3400. The number of benzene rings is 7. The van der Waals surface area contributed by atoms with E-state index in [0.29, 0.717) is 11.7 Å². The molecule has 70 heavy (non-hydrogen) atoms. The van der Waals surface area contributed by atoms with Crippen LogP contribution in [0.25, 0.3) is 88.9 Å². The van der Waals surface area contributed by atoms with Crippen molar-refractivity contribution in [3.8, 4) is 45.3 Å². The number of aromatic nitrogens is 4. The summed E-state index contributed by atoms with van der Waals surface area (Å²) in [6.45, 7) is 20.9. The molecule has 0 saturated heterocycles. The number of allylic oxidation sites excluding steroid dienone is 11. The minimum absolute atomic E-state index is 0.465. The van der Waals surface area contributed by atoms with Crippen molar-refractivity contribution < 1.29 is 0 Å². The average molecular weight is 911 g/mol. The van der Waals surface area contributed by atoms with Crippen molar-refractivity contribution >= 4 is 43.6 Å².